The summed E-state index contributed by atoms with van der Waals surface area (Å²) in [5.41, 5.74) is 7.14. The van der Waals surface area contributed by atoms with Crippen molar-refractivity contribution < 1.29 is 8.78 Å². The van der Waals surface area contributed by atoms with Crippen LogP contribution in [0.3, 0.4) is 0 Å². The number of aromatic nitrogens is 2. The molecule has 1 spiro atoms. The maximum atomic E-state index is 16.3. The number of aromatic amines is 1. The molecule has 0 radical (unpaired) electrons. The smallest absolute Gasteiger partial charge is 0.296 e. The first-order chi connectivity index (χ1) is 21.7. The van der Waals surface area contributed by atoms with Crippen LogP contribution in [-0.4, -0.2) is 46.6 Å². The molecule has 6 atom stereocenters. The number of hydrogen-bond acceptors (Lipinski definition) is 4. The van der Waals surface area contributed by atoms with E-state index >= 15 is 8.78 Å². The third kappa shape index (κ3) is 4.48. The minimum atomic E-state index is -3.01. The summed E-state index contributed by atoms with van der Waals surface area (Å²) in [5.74, 6) is -1.43. The highest BCUT2D eigenvalue weighted by Crippen LogP contribution is 2.58. The Bertz CT molecular complexity index is 1750. The van der Waals surface area contributed by atoms with E-state index in [9.17, 15) is 0 Å². The largest absolute Gasteiger partial charge is 0.381 e. The standard InChI is InChI=1S/C38H43F2N5/c1-21-4-5-24(17-32(21)42-22(2)35-26-6-9-27(14-26)43-35)23-7-10-28-29-11-8-25(16-31(29)38(39,40)30(28)15-23)33-19-41-36(44-33)34-18-37(12-13-37)20-45(34)3/h4-5,7-8,10-11,15,17,19,22,25-27,34-35,42-43H,6,9,12-14,16,18,20H2,1-3H3,(H,41,44). The number of likely N-dealkylation sites (tertiary alicyclic amines) is 1. The summed E-state index contributed by atoms with van der Waals surface area (Å²) in [7, 11) is 2.17. The molecular weight excluding hydrogens is 564 g/mol. The van der Waals surface area contributed by atoms with Crippen molar-refractivity contribution in [1.29, 1.82) is 0 Å². The molecule has 2 saturated carbocycles. The van der Waals surface area contributed by atoms with Crippen LogP contribution in [0, 0.1) is 18.3 Å². The Hall–Kier alpha value is -3.29. The molecule has 3 heterocycles. The second kappa shape index (κ2) is 9.85. The van der Waals surface area contributed by atoms with Gasteiger partial charge < -0.3 is 15.6 Å². The van der Waals surface area contributed by atoms with E-state index in [1.165, 1.54) is 37.7 Å². The minimum Gasteiger partial charge on any atom is -0.381 e. The highest BCUT2D eigenvalue weighted by molar-refractivity contribution is 5.88. The van der Waals surface area contributed by atoms with Gasteiger partial charge >= 0.3 is 0 Å². The number of benzene rings is 2. The summed E-state index contributed by atoms with van der Waals surface area (Å²) in [6.07, 6.45) is 13.8. The Labute approximate surface area is 264 Å². The number of aryl methyl sites for hydroxylation is 1. The SMILES string of the molecule is Cc1ccc(-c2ccc3c(c2)C(F)(F)C2=C3C=CC(c3cnc(C4CC5(CC5)CN4C)[nH]3)C2)cc1NC(C)C1NC2CCC1C2. The van der Waals surface area contributed by atoms with Gasteiger partial charge in [-0.2, -0.15) is 8.78 Å². The number of nitrogens with zero attached hydrogens (tertiary/aromatic N) is 2. The van der Waals surface area contributed by atoms with Crippen molar-refractivity contribution >= 4 is 11.3 Å². The molecule has 2 aromatic carbocycles. The zero-order chi connectivity index (χ0) is 30.7. The van der Waals surface area contributed by atoms with Gasteiger partial charge in [0.25, 0.3) is 5.92 Å². The number of H-pyrrole nitrogens is 1. The first kappa shape index (κ1) is 28.0. The zero-order valence-electron chi connectivity index (χ0n) is 26.5. The van der Waals surface area contributed by atoms with Crippen molar-refractivity contribution in [3.05, 3.63) is 88.5 Å². The number of anilines is 1. The fourth-order valence-electron chi connectivity index (χ4n) is 9.43. The number of piperidine rings is 1. The molecular formula is C38H43F2N5. The van der Waals surface area contributed by atoms with Gasteiger partial charge in [0, 0.05) is 59.3 Å². The highest BCUT2D eigenvalue weighted by atomic mass is 19.3. The van der Waals surface area contributed by atoms with E-state index in [-0.39, 0.29) is 23.1 Å². The quantitative estimate of drug-likeness (QED) is 0.265. The lowest BCUT2D eigenvalue weighted by Gasteiger charge is -2.30. The maximum Gasteiger partial charge on any atom is 0.296 e. The first-order valence-corrected chi connectivity index (χ1v) is 17.0. The van der Waals surface area contributed by atoms with Crippen molar-refractivity contribution in [2.45, 2.75) is 94.8 Å². The molecule has 7 heteroatoms. The Balaban J connectivity index is 0.943. The van der Waals surface area contributed by atoms with Gasteiger partial charge in [-0.1, -0.05) is 36.4 Å². The second-order valence-electron chi connectivity index (χ2n) is 15.2. The molecule has 4 aliphatic carbocycles. The van der Waals surface area contributed by atoms with Gasteiger partial charge in [0.05, 0.1) is 6.04 Å². The van der Waals surface area contributed by atoms with Crippen LogP contribution in [0.4, 0.5) is 14.5 Å². The van der Waals surface area contributed by atoms with Crippen molar-refractivity contribution in [3.63, 3.8) is 0 Å². The maximum absolute atomic E-state index is 16.3. The average Bonchev–Trinajstić information content (AvgIpc) is 3.55. The molecule has 0 amide bonds. The third-order valence-corrected chi connectivity index (χ3v) is 12.2. The van der Waals surface area contributed by atoms with Gasteiger partial charge in [0.1, 0.15) is 5.82 Å². The van der Waals surface area contributed by atoms with E-state index in [1.807, 2.05) is 24.4 Å². The average molecular weight is 608 g/mol. The van der Waals surface area contributed by atoms with Gasteiger partial charge in [-0.25, -0.2) is 4.98 Å². The highest BCUT2D eigenvalue weighted by Gasteiger charge is 2.52. The van der Waals surface area contributed by atoms with Crippen molar-refractivity contribution in [2.75, 3.05) is 18.9 Å². The number of nitrogens with one attached hydrogen (secondary N) is 3. The van der Waals surface area contributed by atoms with E-state index < -0.39 is 5.92 Å². The van der Waals surface area contributed by atoms with Gasteiger partial charge in [0.2, 0.25) is 0 Å². The Kier molecular flexibility index (Phi) is 6.13. The number of allylic oxidation sites excluding steroid dienone is 4. The fourth-order valence-corrected chi connectivity index (χ4v) is 9.43. The Morgan fingerprint density at radius 2 is 1.91 bits per heavy atom. The number of hydrogen-bond donors (Lipinski definition) is 3. The second-order valence-corrected chi connectivity index (χ2v) is 15.2. The molecule has 3 aromatic rings. The van der Waals surface area contributed by atoms with E-state index in [2.05, 4.69) is 65.7 Å². The zero-order valence-corrected chi connectivity index (χ0v) is 26.5. The van der Waals surface area contributed by atoms with Crippen LogP contribution in [0.5, 0.6) is 0 Å². The van der Waals surface area contributed by atoms with Crippen molar-refractivity contribution in [3.8, 4) is 11.1 Å². The fraction of sp³-hybridized carbons (Fsp3) is 0.500. The van der Waals surface area contributed by atoms with Gasteiger partial charge in [-0.15, -0.1) is 0 Å². The van der Waals surface area contributed by atoms with Gasteiger partial charge in [-0.05, 0) is 117 Å². The number of rotatable bonds is 6. The van der Waals surface area contributed by atoms with Crippen LogP contribution in [-0.2, 0) is 5.92 Å². The van der Waals surface area contributed by atoms with Crippen LogP contribution in [0.1, 0.15) is 92.0 Å². The molecule has 2 saturated heterocycles. The molecule has 2 aliphatic heterocycles. The predicted octanol–water partition coefficient (Wildman–Crippen LogP) is 8.09. The molecule has 2 bridgehead atoms. The molecule has 4 fully saturated rings. The van der Waals surface area contributed by atoms with Crippen LogP contribution >= 0.6 is 0 Å². The van der Waals surface area contributed by atoms with Crippen LogP contribution < -0.4 is 10.6 Å². The first-order valence-electron chi connectivity index (χ1n) is 17.0. The third-order valence-electron chi connectivity index (χ3n) is 12.2. The van der Waals surface area contributed by atoms with Crippen LogP contribution in [0.15, 0.2) is 60.3 Å². The monoisotopic (exact) mass is 607 g/mol. The van der Waals surface area contributed by atoms with E-state index in [0.717, 1.165) is 47.2 Å². The van der Waals surface area contributed by atoms with Gasteiger partial charge in [0.15, 0.2) is 0 Å². The normalized spacial score (nSPS) is 31.1. The molecule has 5 nitrogen and oxygen atoms in total. The van der Waals surface area contributed by atoms with Crippen molar-refractivity contribution in [1.82, 2.24) is 20.2 Å². The lowest BCUT2D eigenvalue weighted by Crippen LogP contribution is -2.46. The molecule has 1 aromatic heterocycles. The number of alkyl halides is 2. The summed E-state index contributed by atoms with van der Waals surface area (Å²) in [4.78, 5) is 10.7. The molecule has 9 rings (SSSR count). The molecule has 45 heavy (non-hydrogen) atoms. The van der Waals surface area contributed by atoms with Gasteiger partial charge in [-0.3, -0.25) is 4.90 Å². The number of fused-ring (bicyclic) bond motifs is 4. The lowest BCUT2D eigenvalue weighted by atomic mass is 9.87. The van der Waals surface area contributed by atoms with Crippen LogP contribution in [0.25, 0.3) is 16.7 Å². The Morgan fingerprint density at radius 1 is 1.09 bits per heavy atom. The summed E-state index contributed by atoms with van der Waals surface area (Å²) in [6.45, 7) is 5.50. The molecule has 234 valence electrons. The Morgan fingerprint density at radius 3 is 2.67 bits per heavy atom. The van der Waals surface area contributed by atoms with E-state index in [0.29, 0.717) is 41.1 Å². The lowest BCUT2D eigenvalue weighted by molar-refractivity contribution is 0.0378. The molecule has 3 N–H and O–H groups in total. The minimum absolute atomic E-state index is 0.123. The molecule has 6 unspecified atom stereocenters. The predicted molar refractivity (Wildman–Crippen MR) is 175 cm³/mol. The summed E-state index contributed by atoms with van der Waals surface area (Å²) in [5, 5.41) is 7.58. The number of imidazole rings is 1. The summed E-state index contributed by atoms with van der Waals surface area (Å²) < 4.78 is 32.5. The van der Waals surface area contributed by atoms with E-state index in [4.69, 9.17) is 4.98 Å². The van der Waals surface area contributed by atoms with Crippen LogP contribution in [0.2, 0.25) is 0 Å². The van der Waals surface area contributed by atoms with E-state index in [1.54, 1.807) is 6.07 Å². The summed E-state index contributed by atoms with van der Waals surface area (Å²) in [6, 6.07) is 13.7. The topological polar surface area (TPSA) is 56.0 Å². The number of halogens is 2. The van der Waals surface area contributed by atoms with Crippen molar-refractivity contribution in [2.24, 2.45) is 11.3 Å². The molecule has 6 aliphatic rings. The summed E-state index contributed by atoms with van der Waals surface area (Å²) >= 11 is 0.